The van der Waals surface area contributed by atoms with Gasteiger partial charge in [0.1, 0.15) is 5.82 Å². The molecule has 1 heterocycles. The first-order valence-corrected chi connectivity index (χ1v) is 8.86. The van der Waals surface area contributed by atoms with Gasteiger partial charge in [-0.15, -0.1) is 11.3 Å². The molecule has 1 unspecified atom stereocenters. The van der Waals surface area contributed by atoms with E-state index in [9.17, 15) is 4.39 Å². The predicted molar refractivity (Wildman–Crippen MR) is 94.5 cm³/mol. The number of benzene rings is 2. The van der Waals surface area contributed by atoms with Gasteiger partial charge in [-0.05, 0) is 57.5 Å². The lowest BCUT2D eigenvalue weighted by molar-refractivity contribution is 0.577. The topological polar surface area (TPSA) is 12.0 Å². The molecule has 0 spiro atoms. The minimum absolute atomic E-state index is 0.166. The molecule has 1 atom stereocenters. The SMILES string of the molecule is CNC(c1ccc(Br)cc1F)c1csc2c(Br)cccc12. The van der Waals surface area contributed by atoms with E-state index in [1.54, 1.807) is 11.3 Å². The van der Waals surface area contributed by atoms with E-state index in [4.69, 9.17) is 0 Å². The van der Waals surface area contributed by atoms with Gasteiger partial charge in [-0.2, -0.15) is 0 Å². The molecule has 2 aromatic carbocycles. The smallest absolute Gasteiger partial charge is 0.129 e. The molecule has 1 aromatic heterocycles. The maximum atomic E-state index is 14.3. The van der Waals surface area contributed by atoms with Gasteiger partial charge in [-0.3, -0.25) is 0 Å². The van der Waals surface area contributed by atoms with Crippen LogP contribution in [0.3, 0.4) is 0 Å². The minimum atomic E-state index is -0.210. The van der Waals surface area contributed by atoms with Gasteiger partial charge in [-0.1, -0.05) is 34.1 Å². The van der Waals surface area contributed by atoms with Gasteiger partial charge in [0, 0.05) is 19.2 Å². The fraction of sp³-hybridized carbons (Fsp3) is 0.125. The van der Waals surface area contributed by atoms with Gasteiger partial charge in [0.25, 0.3) is 0 Å². The fourth-order valence-corrected chi connectivity index (χ4v) is 4.46. The molecular weight excluding hydrogens is 417 g/mol. The van der Waals surface area contributed by atoms with Crippen LogP contribution < -0.4 is 5.32 Å². The molecule has 0 saturated carbocycles. The van der Waals surface area contributed by atoms with Crippen molar-refractivity contribution >= 4 is 53.3 Å². The quantitative estimate of drug-likeness (QED) is 0.549. The van der Waals surface area contributed by atoms with Crippen molar-refractivity contribution in [3.8, 4) is 0 Å². The Hall–Kier alpha value is -0.750. The summed E-state index contributed by atoms with van der Waals surface area (Å²) in [7, 11) is 1.85. The van der Waals surface area contributed by atoms with Crippen LogP contribution in [0.4, 0.5) is 4.39 Å². The third kappa shape index (κ3) is 2.80. The molecular formula is C16H12Br2FNS. The summed E-state index contributed by atoms with van der Waals surface area (Å²) in [5, 5.41) is 6.47. The van der Waals surface area contributed by atoms with Crippen molar-refractivity contribution in [2.45, 2.75) is 6.04 Å². The first-order valence-electron chi connectivity index (χ1n) is 6.39. The molecule has 3 rings (SSSR count). The molecule has 1 nitrogen and oxygen atoms in total. The third-order valence-electron chi connectivity index (χ3n) is 3.45. The second-order valence-electron chi connectivity index (χ2n) is 4.70. The van der Waals surface area contributed by atoms with E-state index in [1.165, 1.54) is 10.8 Å². The zero-order chi connectivity index (χ0) is 15.0. The predicted octanol–water partition coefficient (Wildman–Crippen LogP) is 5.87. The number of hydrogen-bond acceptors (Lipinski definition) is 2. The first kappa shape index (κ1) is 15.2. The van der Waals surface area contributed by atoms with Crippen LogP contribution in [0.1, 0.15) is 17.2 Å². The van der Waals surface area contributed by atoms with Gasteiger partial charge in [0.2, 0.25) is 0 Å². The van der Waals surface area contributed by atoms with Gasteiger partial charge in [-0.25, -0.2) is 4.39 Å². The molecule has 0 radical (unpaired) electrons. The van der Waals surface area contributed by atoms with Crippen LogP contribution in [-0.2, 0) is 0 Å². The molecule has 21 heavy (non-hydrogen) atoms. The highest BCUT2D eigenvalue weighted by molar-refractivity contribution is 9.11. The van der Waals surface area contributed by atoms with Crippen molar-refractivity contribution in [1.29, 1.82) is 0 Å². The highest BCUT2D eigenvalue weighted by Gasteiger charge is 2.20. The van der Waals surface area contributed by atoms with Crippen LogP contribution >= 0.6 is 43.2 Å². The van der Waals surface area contributed by atoms with Crippen molar-refractivity contribution in [3.05, 3.63) is 67.7 Å². The van der Waals surface area contributed by atoms with Crippen molar-refractivity contribution in [3.63, 3.8) is 0 Å². The van der Waals surface area contributed by atoms with Gasteiger partial charge in [0.05, 0.1) is 6.04 Å². The van der Waals surface area contributed by atoms with Crippen LogP contribution in [0.25, 0.3) is 10.1 Å². The largest absolute Gasteiger partial charge is 0.309 e. The maximum absolute atomic E-state index is 14.3. The Labute approximate surface area is 143 Å². The number of hydrogen-bond donors (Lipinski definition) is 1. The minimum Gasteiger partial charge on any atom is -0.309 e. The average Bonchev–Trinajstić information content (AvgIpc) is 2.87. The number of halogens is 3. The monoisotopic (exact) mass is 427 g/mol. The van der Waals surface area contributed by atoms with Crippen molar-refractivity contribution in [1.82, 2.24) is 5.32 Å². The normalized spacial score (nSPS) is 12.8. The standard InChI is InChI=1S/C16H12Br2FNS/c1-20-15(11-6-5-9(17)7-14(11)19)12-8-21-16-10(12)3-2-4-13(16)18/h2-8,15,20H,1H3. The Kier molecular flexibility index (Phi) is 4.45. The summed E-state index contributed by atoms with van der Waals surface area (Å²) in [5.41, 5.74) is 1.75. The van der Waals surface area contributed by atoms with Gasteiger partial charge in [0.15, 0.2) is 0 Å². The van der Waals surface area contributed by atoms with E-state index >= 15 is 0 Å². The van der Waals surface area contributed by atoms with Crippen LogP contribution in [0, 0.1) is 5.82 Å². The molecule has 1 N–H and O–H groups in total. The number of thiophene rings is 1. The molecule has 0 aliphatic carbocycles. The van der Waals surface area contributed by atoms with Gasteiger partial charge >= 0.3 is 0 Å². The lowest BCUT2D eigenvalue weighted by Crippen LogP contribution is -2.18. The van der Waals surface area contributed by atoms with E-state index in [0.29, 0.717) is 5.56 Å². The van der Waals surface area contributed by atoms with E-state index in [1.807, 2.05) is 31.3 Å². The third-order valence-corrected chi connectivity index (χ3v) is 5.92. The molecule has 3 aromatic rings. The van der Waals surface area contributed by atoms with Crippen LogP contribution in [0.15, 0.2) is 50.7 Å². The Balaban J connectivity index is 2.16. The maximum Gasteiger partial charge on any atom is 0.129 e. The summed E-state index contributed by atoms with van der Waals surface area (Å²) in [6.07, 6.45) is 0. The number of fused-ring (bicyclic) bond motifs is 1. The van der Waals surface area contributed by atoms with Gasteiger partial charge < -0.3 is 5.32 Å². The molecule has 0 fully saturated rings. The fourth-order valence-electron chi connectivity index (χ4n) is 2.48. The lowest BCUT2D eigenvalue weighted by atomic mass is 9.98. The Morgan fingerprint density at radius 2 is 1.95 bits per heavy atom. The molecule has 5 heteroatoms. The zero-order valence-corrected chi connectivity index (χ0v) is 15.1. The number of nitrogens with one attached hydrogen (secondary N) is 1. The summed E-state index contributed by atoms with van der Waals surface area (Å²) in [4.78, 5) is 0. The van der Waals surface area contributed by atoms with Crippen molar-refractivity contribution in [2.24, 2.45) is 0 Å². The van der Waals surface area contributed by atoms with Crippen LogP contribution in [0.2, 0.25) is 0 Å². The summed E-state index contributed by atoms with van der Waals surface area (Å²) in [6, 6.07) is 11.1. The first-order chi connectivity index (χ1) is 10.1. The zero-order valence-electron chi connectivity index (χ0n) is 11.2. The molecule has 0 saturated heterocycles. The van der Waals surface area contributed by atoms with E-state index in [-0.39, 0.29) is 11.9 Å². The molecule has 0 bridgehead atoms. The average molecular weight is 429 g/mol. The number of rotatable bonds is 3. The lowest BCUT2D eigenvalue weighted by Gasteiger charge is -2.17. The van der Waals surface area contributed by atoms with Crippen LogP contribution in [-0.4, -0.2) is 7.05 Å². The Morgan fingerprint density at radius 1 is 1.14 bits per heavy atom. The summed E-state index contributed by atoms with van der Waals surface area (Å²) in [6.45, 7) is 0. The summed E-state index contributed by atoms with van der Waals surface area (Å²) in [5.74, 6) is -0.210. The van der Waals surface area contributed by atoms with E-state index in [2.05, 4.69) is 48.6 Å². The molecule has 0 aliphatic heterocycles. The summed E-state index contributed by atoms with van der Waals surface area (Å²) < 4.78 is 17.3. The van der Waals surface area contributed by atoms with Crippen molar-refractivity contribution in [2.75, 3.05) is 7.05 Å². The molecule has 0 aliphatic rings. The highest BCUT2D eigenvalue weighted by Crippen LogP contribution is 2.37. The highest BCUT2D eigenvalue weighted by atomic mass is 79.9. The Bertz CT molecular complexity index is 800. The van der Waals surface area contributed by atoms with E-state index < -0.39 is 0 Å². The van der Waals surface area contributed by atoms with Crippen LogP contribution in [0.5, 0.6) is 0 Å². The Morgan fingerprint density at radius 3 is 2.67 bits per heavy atom. The second kappa shape index (κ2) is 6.16. The molecule has 0 amide bonds. The van der Waals surface area contributed by atoms with Crippen molar-refractivity contribution < 1.29 is 4.39 Å². The second-order valence-corrected chi connectivity index (χ2v) is 7.34. The summed E-state index contributed by atoms with van der Waals surface area (Å²) >= 11 is 8.54. The molecule has 108 valence electrons. The van der Waals surface area contributed by atoms with E-state index in [0.717, 1.165) is 19.9 Å².